The summed E-state index contributed by atoms with van der Waals surface area (Å²) < 4.78 is 23.0. The summed E-state index contributed by atoms with van der Waals surface area (Å²) in [6, 6.07) is 6.21. The first-order valence-corrected chi connectivity index (χ1v) is 6.77. The number of aliphatic hydroxyl groups is 1. The number of hydrogen-bond donors (Lipinski definition) is 1. The maximum absolute atomic E-state index is 12.7. The summed E-state index contributed by atoms with van der Waals surface area (Å²) in [5, 5.41) is 9.72. The van der Waals surface area contributed by atoms with Crippen molar-refractivity contribution in [2.75, 3.05) is 26.1 Å². The SMILES string of the molecule is COCC(C)OCC(O)CSc1ccc(F)cc1. The van der Waals surface area contributed by atoms with Crippen LogP contribution in [0.25, 0.3) is 0 Å². The average molecular weight is 274 g/mol. The van der Waals surface area contributed by atoms with Crippen molar-refractivity contribution in [3.05, 3.63) is 30.1 Å². The molecule has 0 aromatic heterocycles. The number of rotatable bonds is 8. The fourth-order valence-corrected chi connectivity index (χ4v) is 2.14. The average Bonchev–Trinajstić information content (AvgIpc) is 2.36. The Kier molecular flexibility index (Phi) is 7.27. The highest BCUT2D eigenvalue weighted by atomic mass is 32.2. The van der Waals surface area contributed by atoms with Crippen LogP contribution >= 0.6 is 11.8 Å². The topological polar surface area (TPSA) is 38.7 Å². The van der Waals surface area contributed by atoms with Crippen LogP contribution in [0.15, 0.2) is 29.2 Å². The number of hydrogen-bond acceptors (Lipinski definition) is 4. The van der Waals surface area contributed by atoms with E-state index in [2.05, 4.69) is 0 Å². The molecule has 2 unspecified atom stereocenters. The van der Waals surface area contributed by atoms with Crippen LogP contribution in [0.4, 0.5) is 4.39 Å². The molecule has 1 aromatic rings. The first kappa shape index (κ1) is 15.4. The molecule has 0 aliphatic heterocycles. The van der Waals surface area contributed by atoms with Gasteiger partial charge in [-0.25, -0.2) is 4.39 Å². The molecule has 3 nitrogen and oxygen atoms in total. The monoisotopic (exact) mass is 274 g/mol. The largest absolute Gasteiger partial charge is 0.390 e. The molecule has 0 amide bonds. The molecule has 5 heteroatoms. The zero-order chi connectivity index (χ0) is 13.4. The fourth-order valence-electron chi connectivity index (χ4n) is 1.33. The molecule has 0 bridgehead atoms. The van der Waals surface area contributed by atoms with Crippen molar-refractivity contribution in [1.82, 2.24) is 0 Å². The van der Waals surface area contributed by atoms with Gasteiger partial charge in [-0.2, -0.15) is 0 Å². The zero-order valence-corrected chi connectivity index (χ0v) is 11.5. The lowest BCUT2D eigenvalue weighted by atomic mass is 10.3. The van der Waals surface area contributed by atoms with Crippen molar-refractivity contribution in [2.24, 2.45) is 0 Å². The summed E-state index contributed by atoms with van der Waals surface area (Å²) >= 11 is 1.47. The van der Waals surface area contributed by atoms with Crippen LogP contribution in [-0.4, -0.2) is 43.4 Å². The summed E-state index contributed by atoms with van der Waals surface area (Å²) in [7, 11) is 1.61. The standard InChI is InChI=1S/C13H19FO3S/c1-10(7-16-2)17-8-12(15)9-18-13-5-3-11(14)4-6-13/h3-6,10,12,15H,7-9H2,1-2H3. The van der Waals surface area contributed by atoms with Crippen LogP contribution in [0.3, 0.4) is 0 Å². The molecule has 0 heterocycles. The number of methoxy groups -OCH3 is 1. The third-order valence-electron chi connectivity index (χ3n) is 2.23. The first-order valence-electron chi connectivity index (χ1n) is 5.78. The predicted octanol–water partition coefficient (Wildman–Crippen LogP) is 2.33. The quantitative estimate of drug-likeness (QED) is 0.738. The summed E-state index contributed by atoms with van der Waals surface area (Å²) in [5.74, 6) is 0.266. The third kappa shape index (κ3) is 6.35. The second kappa shape index (κ2) is 8.48. The molecule has 0 aliphatic rings. The Labute approximate surface area is 111 Å². The Balaban J connectivity index is 2.20. The van der Waals surface area contributed by atoms with Crippen molar-refractivity contribution in [1.29, 1.82) is 0 Å². The molecule has 0 saturated carbocycles. The Morgan fingerprint density at radius 1 is 1.28 bits per heavy atom. The molecule has 18 heavy (non-hydrogen) atoms. The van der Waals surface area contributed by atoms with Gasteiger partial charge in [-0.05, 0) is 31.2 Å². The molecular weight excluding hydrogens is 255 g/mol. The van der Waals surface area contributed by atoms with Gasteiger partial charge >= 0.3 is 0 Å². The molecule has 0 radical (unpaired) electrons. The Morgan fingerprint density at radius 2 is 1.94 bits per heavy atom. The Morgan fingerprint density at radius 3 is 2.56 bits per heavy atom. The second-order valence-corrected chi connectivity index (χ2v) is 5.11. The molecule has 102 valence electrons. The van der Waals surface area contributed by atoms with Crippen LogP contribution < -0.4 is 0 Å². The van der Waals surface area contributed by atoms with Crippen LogP contribution in [0.1, 0.15) is 6.92 Å². The van der Waals surface area contributed by atoms with Gasteiger partial charge in [0.05, 0.1) is 25.4 Å². The number of thioether (sulfide) groups is 1. The smallest absolute Gasteiger partial charge is 0.123 e. The molecule has 1 aromatic carbocycles. The maximum atomic E-state index is 12.7. The van der Waals surface area contributed by atoms with E-state index in [4.69, 9.17) is 9.47 Å². The Bertz CT molecular complexity index is 332. The zero-order valence-electron chi connectivity index (χ0n) is 10.6. The van der Waals surface area contributed by atoms with E-state index < -0.39 is 6.10 Å². The van der Waals surface area contributed by atoms with Crippen LogP contribution in [0.2, 0.25) is 0 Å². The molecule has 0 aliphatic carbocycles. The molecule has 0 spiro atoms. The lowest BCUT2D eigenvalue weighted by Gasteiger charge is -2.15. The summed E-state index contributed by atoms with van der Waals surface area (Å²) in [6.07, 6.45) is -0.570. The third-order valence-corrected chi connectivity index (χ3v) is 3.39. The minimum Gasteiger partial charge on any atom is -0.390 e. The van der Waals surface area contributed by atoms with Crippen LogP contribution in [0.5, 0.6) is 0 Å². The van der Waals surface area contributed by atoms with Gasteiger partial charge in [0.1, 0.15) is 5.82 Å². The van der Waals surface area contributed by atoms with E-state index in [0.29, 0.717) is 12.4 Å². The van der Waals surface area contributed by atoms with Gasteiger partial charge in [0.2, 0.25) is 0 Å². The Hall–Kier alpha value is -0.620. The molecule has 0 fully saturated rings. The van der Waals surface area contributed by atoms with E-state index in [0.717, 1.165) is 4.90 Å². The van der Waals surface area contributed by atoms with Gasteiger partial charge < -0.3 is 14.6 Å². The van der Waals surface area contributed by atoms with Crippen molar-refractivity contribution in [3.8, 4) is 0 Å². The lowest BCUT2D eigenvalue weighted by Crippen LogP contribution is -2.24. The normalized spacial score (nSPS) is 14.4. The molecule has 1 rings (SSSR count). The van der Waals surface area contributed by atoms with E-state index in [-0.39, 0.29) is 18.5 Å². The predicted molar refractivity (Wildman–Crippen MR) is 70.4 cm³/mol. The minimum atomic E-state index is -0.542. The number of aliphatic hydroxyl groups excluding tert-OH is 1. The van der Waals surface area contributed by atoms with Crippen molar-refractivity contribution >= 4 is 11.8 Å². The maximum Gasteiger partial charge on any atom is 0.123 e. The lowest BCUT2D eigenvalue weighted by molar-refractivity contribution is -0.0257. The summed E-state index contributed by atoms with van der Waals surface area (Å²) in [6.45, 7) is 2.68. The van der Waals surface area contributed by atoms with E-state index in [1.807, 2.05) is 6.92 Å². The van der Waals surface area contributed by atoms with Gasteiger partial charge in [0.15, 0.2) is 0 Å². The summed E-state index contributed by atoms with van der Waals surface area (Å²) in [4.78, 5) is 0.931. The molecule has 1 N–H and O–H groups in total. The van der Waals surface area contributed by atoms with Crippen LogP contribution in [0, 0.1) is 5.82 Å². The molecule has 2 atom stereocenters. The fraction of sp³-hybridized carbons (Fsp3) is 0.538. The van der Waals surface area contributed by atoms with Crippen molar-refractivity contribution < 1.29 is 19.0 Å². The highest BCUT2D eigenvalue weighted by Gasteiger charge is 2.08. The molecule has 0 saturated heterocycles. The number of ether oxygens (including phenoxy) is 2. The second-order valence-electron chi connectivity index (χ2n) is 4.02. The van der Waals surface area contributed by atoms with E-state index >= 15 is 0 Å². The van der Waals surface area contributed by atoms with Gasteiger partial charge in [0, 0.05) is 17.8 Å². The highest BCUT2D eigenvalue weighted by Crippen LogP contribution is 2.19. The van der Waals surface area contributed by atoms with E-state index in [1.165, 1.54) is 23.9 Å². The van der Waals surface area contributed by atoms with Gasteiger partial charge in [0.25, 0.3) is 0 Å². The van der Waals surface area contributed by atoms with E-state index in [9.17, 15) is 9.50 Å². The van der Waals surface area contributed by atoms with Gasteiger partial charge in [-0.15, -0.1) is 11.8 Å². The number of benzene rings is 1. The van der Waals surface area contributed by atoms with Crippen LogP contribution in [-0.2, 0) is 9.47 Å². The number of halogens is 1. The minimum absolute atomic E-state index is 0.0273. The van der Waals surface area contributed by atoms with Gasteiger partial charge in [-0.1, -0.05) is 0 Å². The summed E-state index contributed by atoms with van der Waals surface area (Å²) in [5.41, 5.74) is 0. The van der Waals surface area contributed by atoms with E-state index in [1.54, 1.807) is 19.2 Å². The highest BCUT2D eigenvalue weighted by molar-refractivity contribution is 7.99. The van der Waals surface area contributed by atoms with Crippen molar-refractivity contribution in [3.63, 3.8) is 0 Å². The molecular formula is C13H19FO3S. The van der Waals surface area contributed by atoms with Gasteiger partial charge in [-0.3, -0.25) is 0 Å². The first-order chi connectivity index (χ1) is 8.61. The van der Waals surface area contributed by atoms with Crippen molar-refractivity contribution in [2.45, 2.75) is 24.0 Å².